The largest absolute Gasteiger partial charge is 0.484 e. The maximum Gasteiger partial charge on any atom is 0.355 e. The molecule has 12 nitrogen and oxygen atoms in total. The standard InChI is InChI=1S/C29H31N3O9S/c1-4-39-24(34)11-8-16-42-28-25(30-23(33)18-40-22-9-6-5-7-10-22)27(35)31(28)26(19(2)3)29(36)41-17-20-12-14-21(15-13-20)32(37)38/h5-10,12-16,25,28H,4,11,17-18H2,1-3H3,(H,30,33)/b16-8+/t25-,28-/m1/s1. The van der Waals surface area contributed by atoms with Crippen LogP contribution in [0.15, 0.2) is 77.4 Å². The van der Waals surface area contributed by atoms with Crippen molar-refractivity contribution in [2.45, 2.75) is 45.2 Å². The molecule has 0 aromatic heterocycles. The molecule has 13 heteroatoms. The van der Waals surface area contributed by atoms with Crippen LogP contribution < -0.4 is 10.1 Å². The third-order valence-electron chi connectivity index (χ3n) is 5.80. The van der Waals surface area contributed by atoms with Crippen LogP contribution in [0.2, 0.25) is 0 Å². The van der Waals surface area contributed by atoms with Crippen molar-refractivity contribution in [3.05, 3.63) is 93.0 Å². The Morgan fingerprint density at radius 3 is 2.38 bits per heavy atom. The first-order valence-electron chi connectivity index (χ1n) is 13.0. The average Bonchev–Trinajstić information content (AvgIpc) is 2.97. The number of benzene rings is 2. The highest BCUT2D eigenvalue weighted by molar-refractivity contribution is 8.02. The van der Waals surface area contributed by atoms with Gasteiger partial charge in [0.25, 0.3) is 17.5 Å². The third kappa shape index (κ3) is 8.67. The predicted octanol–water partition coefficient (Wildman–Crippen LogP) is 3.86. The summed E-state index contributed by atoms with van der Waals surface area (Å²) in [4.78, 5) is 62.4. The highest BCUT2D eigenvalue weighted by atomic mass is 32.2. The summed E-state index contributed by atoms with van der Waals surface area (Å²) in [7, 11) is 0. The van der Waals surface area contributed by atoms with Crippen molar-refractivity contribution >= 4 is 41.2 Å². The summed E-state index contributed by atoms with van der Waals surface area (Å²) in [5, 5.41) is 14.4. The quantitative estimate of drug-likeness (QED) is 0.112. The predicted molar refractivity (Wildman–Crippen MR) is 154 cm³/mol. The van der Waals surface area contributed by atoms with Crippen LogP contribution in [0.25, 0.3) is 0 Å². The topological polar surface area (TPSA) is 154 Å². The smallest absolute Gasteiger partial charge is 0.355 e. The number of hydrogen-bond donors (Lipinski definition) is 1. The number of carbonyl (C=O) groups is 4. The number of β-lactam (4-membered cyclic amide) rings is 1. The van der Waals surface area contributed by atoms with Crippen molar-refractivity contribution in [3.63, 3.8) is 0 Å². The number of carbonyl (C=O) groups excluding carboxylic acids is 4. The van der Waals surface area contributed by atoms with Gasteiger partial charge in [-0.1, -0.05) is 24.3 Å². The van der Waals surface area contributed by atoms with Gasteiger partial charge in [-0.3, -0.25) is 29.4 Å². The first-order valence-corrected chi connectivity index (χ1v) is 13.9. The number of ether oxygens (including phenoxy) is 3. The summed E-state index contributed by atoms with van der Waals surface area (Å²) in [5.41, 5.74) is 0.923. The maximum absolute atomic E-state index is 13.3. The molecule has 0 unspecified atom stereocenters. The molecule has 222 valence electrons. The van der Waals surface area contributed by atoms with Gasteiger partial charge in [-0.2, -0.15) is 0 Å². The SMILES string of the molecule is CCOC(=O)C/C=C/S[C@@H]1[C@H](NC(=O)COc2ccccc2)C(=O)N1C(C(=O)OCc1ccc([N+](=O)[O-])cc1)=C(C)C. The van der Waals surface area contributed by atoms with Crippen LogP contribution in [-0.4, -0.2) is 58.2 Å². The molecule has 1 aliphatic rings. The van der Waals surface area contributed by atoms with E-state index in [0.717, 1.165) is 11.8 Å². The van der Waals surface area contributed by atoms with E-state index in [1.54, 1.807) is 56.5 Å². The van der Waals surface area contributed by atoms with E-state index in [0.29, 0.717) is 16.9 Å². The number of nitro groups is 1. The lowest BCUT2D eigenvalue weighted by molar-refractivity contribution is -0.384. The van der Waals surface area contributed by atoms with Gasteiger partial charge < -0.3 is 19.5 Å². The van der Waals surface area contributed by atoms with Crippen LogP contribution in [0.5, 0.6) is 5.75 Å². The van der Waals surface area contributed by atoms with Crippen LogP contribution in [0, 0.1) is 10.1 Å². The molecule has 1 N–H and O–H groups in total. The molecule has 42 heavy (non-hydrogen) atoms. The van der Waals surface area contributed by atoms with Crippen molar-refractivity contribution in [3.8, 4) is 5.75 Å². The first-order chi connectivity index (χ1) is 20.1. The third-order valence-corrected chi connectivity index (χ3v) is 6.91. The first kappa shape index (κ1) is 31.9. The van der Waals surface area contributed by atoms with Crippen LogP contribution in [0.1, 0.15) is 32.8 Å². The molecule has 1 fully saturated rings. The van der Waals surface area contributed by atoms with Gasteiger partial charge in [0.05, 0.1) is 18.0 Å². The zero-order valence-electron chi connectivity index (χ0n) is 23.3. The molecule has 0 aliphatic carbocycles. The Morgan fingerprint density at radius 1 is 1.07 bits per heavy atom. The van der Waals surface area contributed by atoms with Crippen LogP contribution in [0.4, 0.5) is 5.69 Å². The molecule has 0 saturated carbocycles. The molecule has 1 saturated heterocycles. The van der Waals surface area contributed by atoms with Crippen molar-refractivity contribution in [1.29, 1.82) is 0 Å². The number of hydrogen-bond acceptors (Lipinski definition) is 10. The van der Waals surface area contributed by atoms with Gasteiger partial charge in [0, 0.05) is 12.1 Å². The molecule has 2 amide bonds. The highest BCUT2D eigenvalue weighted by Gasteiger charge is 2.51. The Morgan fingerprint density at radius 2 is 1.76 bits per heavy atom. The van der Waals surface area contributed by atoms with Gasteiger partial charge in [0.1, 0.15) is 29.5 Å². The molecule has 0 bridgehead atoms. The lowest BCUT2D eigenvalue weighted by atomic mass is 10.0. The molecule has 2 aromatic carbocycles. The van der Waals surface area contributed by atoms with Crippen LogP contribution >= 0.6 is 11.8 Å². The zero-order valence-corrected chi connectivity index (χ0v) is 24.1. The van der Waals surface area contributed by atoms with E-state index >= 15 is 0 Å². The zero-order chi connectivity index (χ0) is 30.6. The van der Waals surface area contributed by atoms with Gasteiger partial charge in [-0.05, 0) is 61.6 Å². The van der Waals surface area contributed by atoms with Gasteiger partial charge in [0.2, 0.25) is 0 Å². The summed E-state index contributed by atoms with van der Waals surface area (Å²) in [6, 6.07) is 13.3. The van der Waals surface area contributed by atoms with Crippen molar-refractivity contribution < 1.29 is 38.3 Å². The minimum atomic E-state index is -0.981. The Balaban J connectivity index is 1.72. The van der Waals surface area contributed by atoms with E-state index in [4.69, 9.17) is 14.2 Å². The molecule has 0 radical (unpaired) electrons. The number of non-ortho nitro benzene ring substituents is 1. The average molecular weight is 598 g/mol. The summed E-state index contributed by atoms with van der Waals surface area (Å²) in [5.74, 6) is -1.76. The molecule has 1 heterocycles. The number of nitrogens with one attached hydrogen (secondary N) is 1. The fraction of sp³-hybridized carbons (Fsp3) is 0.310. The minimum absolute atomic E-state index is 0.00392. The number of para-hydroxylation sites is 1. The number of esters is 2. The summed E-state index contributed by atoms with van der Waals surface area (Å²) < 4.78 is 15.8. The second-order valence-electron chi connectivity index (χ2n) is 9.11. The monoisotopic (exact) mass is 597 g/mol. The van der Waals surface area contributed by atoms with Crippen molar-refractivity contribution in [2.75, 3.05) is 13.2 Å². The van der Waals surface area contributed by atoms with E-state index in [1.807, 2.05) is 6.07 Å². The number of allylic oxidation sites excluding steroid dienone is 1. The lowest BCUT2D eigenvalue weighted by Gasteiger charge is -2.46. The van der Waals surface area contributed by atoms with Gasteiger partial charge >= 0.3 is 11.9 Å². The van der Waals surface area contributed by atoms with E-state index in [1.165, 1.54) is 29.2 Å². The van der Waals surface area contributed by atoms with Crippen molar-refractivity contribution in [1.82, 2.24) is 10.2 Å². The van der Waals surface area contributed by atoms with Gasteiger partial charge in [-0.15, -0.1) is 11.8 Å². The highest BCUT2D eigenvalue weighted by Crippen LogP contribution is 2.36. The summed E-state index contributed by atoms with van der Waals surface area (Å²) in [6.45, 7) is 4.74. The molecule has 2 aromatic rings. The molecule has 2 atom stereocenters. The summed E-state index contributed by atoms with van der Waals surface area (Å²) >= 11 is 1.14. The molecular weight excluding hydrogens is 566 g/mol. The minimum Gasteiger partial charge on any atom is -0.484 e. The molecular formula is C29H31N3O9S. The Kier molecular flexibility index (Phi) is 11.7. The van der Waals surface area contributed by atoms with Gasteiger partial charge in [0.15, 0.2) is 6.61 Å². The molecule has 1 aliphatic heterocycles. The lowest BCUT2D eigenvalue weighted by Crippen LogP contribution is -2.69. The van der Waals surface area contributed by atoms with E-state index in [9.17, 15) is 29.3 Å². The van der Waals surface area contributed by atoms with E-state index in [-0.39, 0.29) is 37.6 Å². The normalized spacial score (nSPS) is 15.9. The summed E-state index contributed by atoms with van der Waals surface area (Å²) in [6.07, 6.45) is 1.58. The maximum atomic E-state index is 13.3. The number of nitro benzene ring substituents is 1. The Bertz CT molecular complexity index is 1360. The number of likely N-dealkylation sites (tertiary alicyclic amines) is 1. The van der Waals surface area contributed by atoms with Crippen molar-refractivity contribution in [2.24, 2.45) is 0 Å². The Labute approximate surface area is 246 Å². The van der Waals surface area contributed by atoms with E-state index < -0.39 is 40.1 Å². The molecule has 0 spiro atoms. The number of rotatable bonds is 14. The second-order valence-corrected chi connectivity index (χ2v) is 10.1. The second kappa shape index (κ2) is 15.4. The number of thioether (sulfide) groups is 1. The number of amides is 2. The molecule has 3 rings (SSSR count). The van der Waals surface area contributed by atoms with Crippen LogP contribution in [-0.2, 0) is 35.3 Å². The Hall–Kier alpha value is -4.65. The van der Waals surface area contributed by atoms with Gasteiger partial charge in [-0.25, -0.2) is 4.79 Å². The van der Waals surface area contributed by atoms with Crippen LogP contribution in [0.3, 0.4) is 0 Å². The van der Waals surface area contributed by atoms with E-state index in [2.05, 4.69) is 5.32 Å². The fourth-order valence-electron chi connectivity index (χ4n) is 3.83. The number of nitrogens with zero attached hydrogens (tertiary/aromatic N) is 2. The fourth-order valence-corrected chi connectivity index (χ4v) is 4.87.